The molecule has 0 N–H and O–H groups in total. The first-order valence-corrected chi connectivity index (χ1v) is 4.80. The molecule has 1 aromatic carbocycles. The van der Waals surface area contributed by atoms with Crippen LogP contribution in [0.1, 0.15) is 13.8 Å². The lowest BCUT2D eigenvalue weighted by Crippen LogP contribution is -2.39. The van der Waals surface area contributed by atoms with Crippen LogP contribution in [0.25, 0.3) is 0 Å². The standard InChI is InChI=1S/C12H16N2O/c1-12(2,9-13)14(3)10-5-7-11(15-4)8-6-10/h5-8H,1-4H3. The van der Waals surface area contributed by atoms with Gasteiger partial charge in [0.15, 0.2) is 0 Å². The number of rotatable bonds is 3. The molecule has 0 saturated heterocycles. The molecule has 0 aliphatic rings. The number of anilines is 1. The maximum absolute atomic E-state index is 9.01. The van der Waals surface area contributed by atoms with Crippen molar-refractivity contribution in [2.24, 2.45) is 0 Å². The Kier molecular flexibility index (Phi) is 3.21. The molecule has 0 radical (unpaired) electrons. The Bertz CT molecular complexity index is 362. The van der Waals surface area contributed by atoms with Gasteiger partial charge >= 0.3 is 0 Å². The van der Waals surface area contributed by atoms with Crippen LogP contribution in [-0.2, 0) is 0 Å². The fourth-order valence-electron chi connectivity index (χ4n) is 1.20. The summed E-state index contributed by atoms with van der Waals surface area (Å²) < 4.78 is 5.08. The molecule has 0 spiro atoms. The van der Waals surface area contributed by atoms with E-state index in [0.717, 1.165) is 11.4 Å². The molecule has 0 heterocycles. The first kappa shape index (κ1) is 11.4. The predicted molar refractivity (Wildman–Crippen MR) is 61.1 cm³/mol. The highest BCUT2D eigenvalue weighted by molar-refractivity contribution is 5.51. The first-order chi connectivity index (χ1) is 7.01. The van der Waals surface area contributed by atoms with Crippen LogP contribution >= 0.6 is 0 Å². The molecule has 1 rings (SSSR count). The molecule has 0 saturated carbocycles. The summed E-state index contributed by atoms with van der Waals surface area (Å²) in [4.78, 5) is 1.94. The molecular formula is C12H16N2O. The Morgan fingerprint density at radius 1 is 1.27 bits per heavy atom. The molecule has 3 heteroatoms. The van der Waals surface area contributed by atoms with Crippen molar-refractivity contribution in [1.82, 2.24) is 0 Å². The lowest BCUT2D eigenvalue weighted by atomic mass is 10.1. The summed E-state index contributed by atoms with van der Waals surface area (Å²) in [7, 11) is 3.54. The van der Waals surface area contributed by atoms with Crippen molar-refractivity contribution in [2.45, 2.75) is 19.4 Å². The van der Waals surface area contributed by atoms with E-state index in [0.29, 0.717) is 0 Å². The Morgan fingerprint density at radius 3 is 2.20 bits per heavy atom. The Labute approximate surface area is 90.9 Å². The average Bonchev–Trinajstić information content (AvgIpc) is 2.28. The van der Waals surface area contributed by atoms with Crippen LogP contribution in [0, 0.1) is 11.3 Å². The van der Waals surface area contributed by atoms with Crippen LogP contribution in [0.15, 0.2) is 24.3 Å². The van der Waals surface area contributed by atoms with Crippen molar-refractivity contribution in [3.63, 3.8) is 0 Å². The van der Waals surface area contributed by atoms with Gasteiger partial charge in [-0.1, -0.05) is 0 Å². The number of benzene rings is 1. The summed E-state index contributed by atoms with van der Waals surface area (Å²) in [5.74, 6) is 0.821. The van der Waals surface area contributed by atoms with Crippen LogP contribution in [0.3, 0.4) is 0 Å². The van der Waals surface area contributed by atoms with Crippen molar-refractivity contribution in [3.05, 3.63) is 24.3 Å². The van der Waals surface area contributed by atoms with Crippen molar-refractivity contribution < 1.29 is 4.74 Å². The third-order valence-electron chi connectivity index (χ3n) is 2.57. The number of ether oxygens (including phenoxy) is 1. The second-order valence-electron chi connectivity index (χ2n) is 3.93. The van der Waals surface area contributed by atoms with Gasteiger partial charge in [0.1, 0.15) is 11.3 Å². The molecule has 0 aromatic heterocycles. The number of nitrogens with zero attached hydrogens (tertiary/aromatic N) is 2. The second-order valence-corrected chi connectivity index (χ2v) is 3.93. The summed E-state index contributed by atoms with van der Waals surface area (Å²) in [6.45, 7) is 3.77. The van der Waals surface area contributed by atoms with Gasteiger partial charge in [0.05, 0.1) is 13.2 Å². The van der Waals surface area contributed by atoms with Crippen LogP contribution in [0.2, 0.25) is 0 Å². The fraction of sp³-hybridized carbons (Fsp3) is 0.417. The highest BCUT2D eigenvalue weighted by Gasteiger charge is 2.22. The quantitative estimate of drug-likeness (QED) is 0.758. The van der Waals surface area contributed by atoms with Crippen molar-refractivity contribution >= 4 is 5.69 Å². The van der Waals surface area contributed by atoms with E-state index < -0.39 is 5.54 Å². The van der Waals surface area contributed by atoms with Crippen LogP contribution in [0.5, 0.6) is 5.75 Å². The minimum absolute atomic E-state index is 0.505. The lowest BCUT2D eigenvalue weighted by molar-refractivity contribution is 0.414. The normalized spacial score (nSPS) is 10.6. The number of hydrogen-bond acceptors (Lipinski definition) is 3. The minimum Gasteiger partial charge on any atom is -0.497 e. The van der Waals surface area contributed by atoms with Crippen LogP contribution < -0.4 is 9.64 Å². The lowest BCUT2D eigenvalue weighted by Gasteiger charge is -2.31. The van der Waals surface area contributed by atoms with E-state index in [2.05, 4.69) is 6.07 Å². The third-order valence-corrected chi connectivity index (χ3v) is 2.57. The van der Waals surface area contributed by atoms with Gasteiger partial charge < -0.3 is 9.64 Å². The van der Waals surface area contributed by atoms with Gasteiger partial charge in [-0.05, 0) is 38.1 Å². The minimum atomic E-state index is -0.505. The SMILES string of the molecule is COc1ccc(N(C)C(C)(C)C#N)cc1. The van der Waals surface area contributed by atoms with Gasteiger partial charge in [-0.25, -0.2) is 0 Å². The van der Waals surface area contributed by atoms with Gasteiger partial charge in [0.2, 0.25) is 0 Å². The van der Waals surface area contributed by atoms with Crippen LogP contribution in [0.4, 0.5) is 5.69 Å². The molecule has 15 heavy (non-hydrogen) atoms. The molecule has 0 aliphatic heterocycles. The molecule has 0 amide bonds. The fourth-order valence-corrected chi connectivity index (χ4v) is 1.20. The van der Waals surface area contributed by atoms with E-state index in [9.17, 15) is 0 Å². The zero-order chi connectivity index (χ0) is 11.5. The first-order valence-electron chi connectivity index (χ1n) is 4.80. The molecule has 0 atom stereocenters. The number of nitriles is 1. The zero-order valence-corrected chi connectivity index (χ0v) is 9.61. The van der Waals surface area contributed by atoms with Gasteiger partial charge in [0.25, 0.3) is 0 Å². The van der Waals surface area contributed by atoms with E-state index in [1.54, 1.807) is 7.11 Å². The summed E-state index contributed by atoms with van der Waals surface area (Å²) in [5.41, 5.74) is 0.497. The molecule has 0 bridgehead atoms. The number of hydrogen-bond donors (Lipinski definition) is 0. The Hall–Kier alpha value is -1.69. The zero-order valence-electron chi connectivity index (χ0n) is 9.61. The van der Waals surface area contributed by atoms with E-state index in [-0.39, 0.29) is 0 Å². The topological polar surface area (TPSA) is 36.3 Å². The molecular weight excluding hydrogens is 188 g/mol. The van der Waals surface area contributed by atoms with Gasteiger partial charge in [-0.15, -0.1) is 0 Å². The molecule has 0 unspecified atom stereocenters. The van der Waals surface area contributed by atoms with E-state index in [1.807, 2.05) is 50.1 Å². The van der Waals surface area contributed by atoms with Gasteiger partial charge in [-0.3, -0.25) is 0 Å². The van der Waals surface area contributed by atoms with Crippen molar-refractivity contribution in [1.29, 1.82) is 5.26 Å². The summed E-state index contributed by atoms with van der Waals surface area (Å²) >= 11 is 0. The van der Waals surface area contributed by atoms with Crippen molar-refractivity contribution in [2.75, 3.05) is 19.1 Å². The molecule has 80 valence electrons. The van der Waals surface area contributed by atoms with E-state index in [1.165, 1.54) is 0 Å². The number of methoxy groups -OCH3 is 1. The third kappa shape index (κ3) is 2.41. The summed E-state index contributed by atoms with van der Waals surface area (Å²) in [6.07, 6.45) is 0. The molecule has 0 fully saturated rings. The summed E-state index contributed by atoms with van der Waals surface area (Å²) in [6, 6.07) is 9.92. The van der Waals surface area contributed by atoms with Crippen LogP contribution in [-0.4, -0.2) is 19.7 Å². The predicted octanol–water partition coefficient (Wildman–Crippen LogP) is 2.43. The largest absolute Gasteiger partial charge is 0.497 e. The highest BCUT2D eigenvalue weighted by atomic mass is 16.5. The highest BCUT2D eigenvalue weighted by Crippen LogP contribution is 2.23. The Balaban J connectivity index is 2.93. The second kappa shape index (κ2) is 4.22. The monoisotopic (exact) mass is 204 g/mol. The molecule has 0 aliphatic carbocycles. The maximum atomic E-state index is 9.01. The summed E-state index contributed by atoms with van der Waals surface area (Å²) in [5, 5.41) is 9.01. The Morgan fingerprint density at radius 2 is 1.80 bits per heavy atom. The average molecular weight is 204 g/mol. The van der Waals surface area contributed by atoms with E-state index >= 15 is 0 Å². The maximum Gasteiger partial charge on any atom is 0.121 e. The van der Waals surface area contributed by atoms with Gasteiger partial charge in [-0.2, -0.15) is 5.26 Å². The van der Waals surface area contributed by atoms with Crippen molar-refractivity contribution in [3.8, 4) is 11.8 Å². The van der Waals surface area contributed by atoms with Gasteiger partial charge in [0, 0.05) is 12.7 Å². The molecule has 3 nitrogen and oxygen atoms in total. The van der Waals surface area contributed by atoms with E-state index in [4.69, 9.17) is 10.00 Å². The smallest absolute Gasteiger partial charge is 0.121 e. The molecule has 1 aromatic rings.